The minimum absolute atomic E-state index is 0.00796. The van der Waals surface area contributed by atoms with Crippen LogP contribution in [0.4, 0.5) is 0 Å². The van der Waals surface area contributed by atoms with Crippen LogP contribution in [0.25, 0.3) is 0 Å². The maximum atomic E-state index is 12.2. The van der Waals surface area contributed by atoms with Gasteiger partial charge in [-0.05, 0) is 37.1 Å². The van der Waals surface area contributed by atoms with Crippen molar-refractivity contribution in [3.8, 4) is 0 Å². The summed E-state index contributed by atoms with van der Waals surface area (Å²) in [5, 5.41) is 8.17. The molecule has 2 amide bonds. The molecule has 0 atom stereocenters. The van der Waals surface area contributed by atoms with E-state index in [1.165, 1.54) is 12.1 Å². The first-order valence-electron chi connectivity index (χ1n) is 9.86. The molecule has 0 aliphatic carbocycles. The molecule has 3 aromatic rings. The first-order chi connectivity index (χ1) is 15.0. The fourth-order valence-corrected chi connectivity index (χ4v) is 2.85. The van der Waals surface area contributed by atoms with Gasteiger partial charge in [-0.15, -0.1) is 0 Å². The highest BCUT2D eigenvalue weighted by atomic mass is 16.4. The van der Waals surface area contributed by atoms with Crippen LogP contribution in [0, 0.1) is 0 Å². The van der Waals surface area contributed by atoms with E-state index in [2.05, 4.69) is 21.1 Å². The summed E-state index contributed by atoms with van der Waals surface area (Å²) >= 11 is 0. The van der Waals surface area contributed by atoms with Crippen LogP contribution >= 0.6 is 0 Å². The Bertz CT molecular complexity index is 1000. The van der Waals surface area contributed by atoms with Crippen LogP contribution in [0.2, 0.25) is 0 Å². The van der Waals surface area contributed by atoms with Gasteiger partial charge >= 0.3 is 11.8 Å². The van der Waals surface area contributed by atoms with Crippen molar-refractivity contribution in [3.05, 3.63) is 95.4 Å². The molecule has 1 aromatic heterocycles. The van der Waals surface area contributed by atoms with E-state index in [0.717, 1.165) is 22.6 Å². The first kappa shape index (κ1) is 21.7. The molecule has 1 heterocycles. The summed E-state index contributed by atoms with van der Waals surface area (Å²) in [7, 11) is 0. The zero-order chi connectivity index (χ0) is 22.1. The highest BCUT2D eigenvalue weighted by Crippen LogP contribution is 2.08. The molecule has 0 fully saturated rings. The first-order valence-corrected chi connectivity index (χ1v) is 9.86. The van der Waals surface area contributed by atoms with Crippen molar-refractivity contribution in [2.75, 3.05) is 0 Å². The van der Waals surface area contributed by atoms with Crippen LogP contribution in [-0.2, 0) is 12.8 Å². The summed E-state index contributed by atoms with van der Waals surface area (Å²) in [6.07, 6.45) is 1.24. The standard InChI is InChI=1S/C24H24N4O3/c1-17(15-19-9-5-3-6-10-19)25-27-23(29)21-13-14-22(31-21)24(30)28-26-18(2)16-20-11-7-4-8-12-20/h3-14H,15-16H2,1-2H3,(H,27,29)(H,28,30). The quantitative estimate of drug-likeness (QED) is 0.429. The summed E-state index contributed by atoms with van der Waals surface area (Å²) in [4.78, 5) is 24.5. The lowest BCUT2D eigenvalue weighted by Gasteiger charge is -2.02. The van der Waals surface area contributed by atoms with E-state index < -0.39 is 11.8 Å². The molecule has 0 radical (unpaired) electrons. The maximum Gasteiger partial charge on any atom is 0.307 e. The van der Waals surface area contributed by atoms with E-state index in [1.807, 2.05) is 74.5 Å². The molecule has 158 valence electrons. The second-order valence-electron chi connectivity index (χ2n) is 7.06. The van der Waals surface area contributed by atoms with Crippen LogP contribution in [0.3, 0.4) is 0 Å². The second-order valence-corrected chi connectivity index (χ2v) is 7.06. The predicted octanol–water partition coefficient (Wildman–Crippen LogP) is 3.98. The van der Waals surface area contributed by atoms with Gasteiger partial charge in [-0.25, -0.2) is 10.9 Å². The average molecular weight is 416 g/mol. The van der Waals surface area contributed by atoms with Gasteiger partial charge in [0, 0.05) is 24.3 Å². The van der Waals surface area contributed by atoms with Crippen molar-refractivity contribution >= 4 is 23.2 Å². The molecular formula is C24H24N4O3. The third-order valence-electron chi connectivity index (χ3n) is 4.36. The third kappa shape index (κ3) is 6.78. The van der Waals surface area contributed by atoms with Crippen LogP contribution in [0.5, 0.6) is 0 Å². The monoisotopic (exact) mass is 416 g/mol. The van der Waals surface area contributed by atoms with E-state index in [0.29, 0.717) is 12.8 Å². The fraction of sp³-hybridized carbons (Fsp3) is 0.167. The lowest BCUT2D eigenvalue weighted by molar-refractivity contribution is 0.0902. The van der Waals surface area contributed by atoms with Crippen molar-refractivity contribution in [2.45, 2.75) is 26.7 Å². The Hall–Kier alpha value is -4.00. The number of carbonyl (C=O) groups excluding carboxylic acids is 2. The van der Waals surface area contributed by atoms with Crippen LogP contribution < -0.4 is 10.9 Å². The third-order valence-corrected chi connectivity index (χ3v) is 4.36. The summed E-state index contributed by atoms with van der Waals surface area (Å²) in [6.45, 7) is 3.65. The smallest absolute Gasteiger partial charge is 0.307 e. The van der Waals surface area contributed by atoms with Gasteiger partial charge in [0.15, 0.2) is 11.5 Å². The van der Waals surface area contributed by atoms with E-state index in [4.69, 9.17) is 4.42 Å². The number of carbonyl (C=O) groups is 2. The maximum absolute atomic E-state index is 12.2. The Morgan fingerprint density at radius 3 is 1.45 bits per heavy atom. The number of furan rings is 1. The number of rotatable bonds is 8. The Balaban J connectivity index is 1.52. The van der Waals surface area contributed by atoms with E-state index in [9.17, 15) is 9.59 Å². The van der Waals surface area contributed by atoms with Gasteiger partial charge in [0.05, 0.1) is 0 Å². The van der Waals surface area contributed by atoms with Crippen molar-refractivity contribution in [2.24, 2.45) is 10.2 Å². The molecule has 3 rings (SSSR count). The largest absolute Gasteiger partial charge is 0.446 e. The van der Waals surface area contributed by atoms with E-state index >= 15 is 0 Å². The fourth-order valence-electron chi connectivity index (χ4n) is 2.85. The van der Waals surface area contributed by atoms with Crippen molar-refractivity contribution in [3.63, 3.8) is 0 Å². The number of hydrazone groups is 2. The number of benzene rings is 2. The number of amides is 2. The molecule has 0 unspecified atom stereocenters. The van der Waals surface area contributed by atoms with Crippen LogP contribution in [-0.4, -0.2) is 23.2 Å². The topological polar surface area (TPSA) is 96.1 Å². The molecule has 2 aromatic carbocycles. The second kappa shape index (κ2) is 10.7. The minimum Gasteiger partial charge on any atom is -0.446 e. The van der Waals surface area contributed by atoms with E-state index in [1.54, 1.807) is 0 Å². The zero-order valence-electron chi connectivity index (χ0n) is 17.5. The Morgan fingerprint density at radius 2 is 1.06 bits per heavy atom. The molecule has 0 saturated carbocycles. The van der Waals surface area contributed by atoms with Crippen molar-refractivity contribution in [1.82, 2.24) is 10.9 Å². The van der Waals surface area contributed by atoms with Gasteiger partial charge in [0.2, 0.25) is 0 Å². The lowest BCUT2D eigenvalue weighted by atomic mass is 10.1. The predicted molar refractivity (Wildman–Crippen MR) is 120 cm³/mol. The Labute approximate surface area is 180 Å². The SMILES string of the molecule is CC(Cc1ccccc1)=NNC(=O)c1ccc(C(=O)NN=C(C)Cc2ccccc2)o1. The highest BCUT2D eigenvalue weighted by molar-refractivity contribution is 5.97. The number of hydrogen-bond acceptors (Lipinski definition) is 5. The van der Waals surface area contributed by atoms with Gasteiger partial charge in [0.25, 0.3) is 0 Å². The highest BCUT2D eigenvalue weighted by Gasteiger charge is 2.15. The molecular weight excluding hydrogens is 392 g/mol. The summed E-state index contributed by atoms with van der Waals surface area (Å²) < 4.78 is 5.35. The molecule has 0 aliphatic heterocycles. The molecule has 31 heavy (non-hydrogen) atoms. The molecule has 0 spiro atoms. The van der Waals surface area contributed by atoms with Gasteiger partial charge in [-0.3, -0.25) is 9.59 Å². The number of hydrogen-bond donors (Lipinski definition) is 2. The van der Waals surface area contributed by atoms with Crippen LogP contribution in [0.15, 0.2) is 87.4 Å². The number of nitrogens with one attached hydrogen (secondary N) is 2. The molecule has 2 N–H and O–H groups in total. The lowest BCUT2D eigenvalue weighted by Crippen LogP contribution is -2.20. The summed E-state index contributed by atoms with van der Waals surface area (Å²) in [5.41, 5.74) is 8.57. The average Bonchev–Trinajstić information content (AvgIpc) is 3.28. The van der Waals surface area contributed by atoms with Gasteiger partial charge < -0.3 is 4.42 Å². The van der Waals surface area contributed by atoms with Crippen LogP contribution in [0.1, 0.15) is 46.1 Å². The van der Waals surface area contributed by atoms with Gasteiger partial charge in [-0.2, -0.15) is 10.2 Å². The normalized spacial score (nSPS) is 11.8. The molecule has 0 aliphatic rings. The van der Waals surface area contributed by atoms with Gasteiger partial charge in [0.1, 0.15) is 0 Å². The van der Waals surface area contributed by atoms with Crippen molar-refractivity contribution < 1.29 is 14.0 Å². The van der Waals surface area contributed by atoms with Crippen molar-refractivity contribution in [1.29, 1.82) is 0 Å². The van der Waals surface area contributed by atoms with Gasteiger partial charge in [-0.1, -0.05) is 60.7 Å². The zero-order valence-corrected chi connectivity index (χ0v) is 17.5. The molecule has 7 heteroatoms. The Morgan fingerprint density at radius 1 is 0.677 bits per heavy atom. The Kier molecular flexibility index (Phi) is 7.48. The minimum atomic E-state index is -0.532. The molecule has 7 nitrogen and oxygen atoms in total. The molecule has 0 bridgehead atoms. The summed E-state index contributed by atoms with van der Waals surface area (Å²) in [6, 6.07) is 22.5. The van der Waals surface area contributed by atoms with E-state index in [-0.39, 0.29) is 11.5 Å². The summed E-state index contributed by atoms with van der Waals surface area (Å²) in [5.74, 6) is -1.08. The number of nitrogens with zero attached hydrogens (tertiary/aromatic N) is 2. The molecule has 0 saturated heterocycles.